The van der Waals surface area contributed by atoms with Crippen LogP contribution in [-0.2, 0) is 9.59 Å². The van der Waals surface area contributed by atoms with Crippen molar-refractivity contribution in [2.24, 2.45) is 10.9 Å². The van der Waals surface area contributed by atoms with Gasteiger partial charge in [-0.15, -0.1) is 0 Å². The standard InChI is InChI=1S/C33H37N3O4/c1-6-35(7-2)24-17-15-22(16-18-24)32-31-27(34-26-12-8-9-13-28(26)36(32)21(3)37)19-23(20-29(31)38)25-11-10-14-30(39-4)33(25)40-5/h8-18,23,31-32H,6-7,19-20H2,1-5H3. The van der Waals surface area contributed by atoms with Crippen molar-refractivity contribution >= 4 is 34.5 Å². The average molecular weight is 540 g/mol. The number of carbonyl (C=O) groups is 2. The number of methoxy groups -OCH3 is 2. The van der Waals surface area contributed by atoms with E-state index in [1.165, 1.54) is 0 Å². The van der Waals surface area contributed by atoms with Gasteiger partial charge in [-0.05, 0) is 62.1 Å². The normalized spacial score (nSPS) is 20.1. The summed E-state index contributed by atoms with van der Waals surface area (Å²) < 4.78 is 11.3. The van der Waals surface area contributed by atoms with Gasteiger partial charge >= 0.3 is 0 Å². The van der Waals surface area contributed by atoms with E-state index in [0.29, 0.717) is 30.0 Å². The molecule has 1 aliphatic carbocycles. The highest BCUT2D eigenvalue weighted by atomic mass is 16.5. The third-order valence-electron chi connectivity index (χ3n) is 8.18. The monoisotopic (exact) mass is 539 g/mol. The first-order valence-corrected chi connectivity index (χ1v) is 14.0. The minimum atomic E-state index is -0.552. The van der Waals surface area contributed by atoms with E-state index < -0.39 is 12.0 Å². The van der Waals surface area contributed by atoms with Crippen LogP contribution in [0.4, 0.5) is 17.1 Å². The molecule has 3 atom stereocenters. The van der Waals surface area contributed by atoms with Crippen LogP contribution in [-0.4, -0.2) is 44.7 Å². The summed E-state index contributed by atoms with van der Waals surface area (Å²) in [7, 11) is 3.24. The van der Waals surface area contributed by atoms with Crippen molar-refractivity contribution in [2.45, 2.75) is 45.6 Å². The number of ketones is 1. The molecule has 5 rings (SSSR count). The van der Waals surface area contributed by atoms with E-state index in [1.54, 1.807) is 26.0 Å². The molecule has 1 amide bonds. The molecule has 0 N–H and O–H groups in total. The lowest BCUT2D eigenvalue weighted by atomic mass is 9.71. The second kappa shape index (κ2) is 11.5. The van der Waals surface area contributed by atoms with Gasteiger partial charge in [0.05, 0.1) is 37.6 Å². The molecule has 0 bridgehead atoms. The molecule has 7 heteroatoms. The molecular weight excluding hydrogens is 502 g/mol. The van der Waals surface area contributed by atoms with Crippen LogP contribution in [0.5, 0.6) is 11.5 Å². The topological polar surface area (TPSA) is 71.4 Å². The van der Waals surface area contributed by atoms with Crippen LogP contribution >= 0.6 is 0 Å². The van der Waals surface area contributed by atoms with Crippen LogP contribution < -0.4 is 19.3 Å². The molecule has 0 saturated heterocycles. The van der Waals surface area contributed by atoms with Crippen molar-refractivity contribution in [1.29, 1.82) is 0 Å². The number of benzene rings is 3. The fraction of sp³-hybridized carbons (Fsp3) is 0.364. The number of nitrogens with zero attached hydrogens (tertiary/aromatic N) is 3. The van der Waals surface area contributed by atoms with Crippen molar-refractivity contribution < 1.29 is 19.1 Å². The highest BCUT2D eigenvalue weighted by molar-refractivity contribution is 6.13. The minimum Gasteiger partial charge on any atom is -0.493 e. The Balaban J connectivity index is 1.63. The van der Waals surface area contributed by atoms with E-state index in [4.69, 9.17) is 14.5 Å². The van der Waals surface area contributed by atoms with Gasteiger partial charge in [0.1, 0.15) is 5.78 Å². The number of ether oxygens (including phenoxy) is 2. The summed E-state index contributed by atoms with van der Waals surface area (Å²) in [6, 6.07) is 21.3. The maximum Gasteiger partial charge on any atom is 0.224 e. The van der Waals surface area contributed by atoms with E-state index in [-0.39, 0.29) is 17.6 Å². The first-order chi connectivity index (χ1) is 19.4. The summed E-state index contributed by atoms with van der Waals surface area (Å²) in [4.78, 5) is 36.6. The Hall–Kier alpha value is -4.13. The number of carbonyl (C=O) groups excluding carboxylic acids is 2. The first kappa shape index (κ1) is 27.4. The summed E-state index contributed by atoms with van der Waals surface area (Å²) in [5.41, 5.74) is 5.18. The SMILES string of the molecule is CCN(CC)c1ccc(C2C3C(=O)CC(c4cccc(OC)c4OC)CC3=Nc3ccccc3N2C(C)=O)cc1. The molecule has 1 heterocycles. The second-order valence-corrected chi connectivity index (χ2v) is 10.3. The highest BCUT2D eigenvalue weighted by Crippen LogP contribution is 2.49. The molecule has 208 valence electrons. The van der Waals surface area contributed by atoms with E-state index >= 15 is 0 Å². The Bertz CT molecular complexity index is 1430. The lowest BCUT2D eigenvalue weighted by molar-refractivity contribution is -0.123. The largest absolute Gasteiger partial charge is 0.493 e. The van der Waals surface area contributed by atoms with Gasteiger partial charge < -0.3 is 19.3 Å². The highest BCUT2D eigenvalue weighted by Gasteiger charge is 2.46. The third-order valence-corrected chi connectivity index (χ3v) is 8.18. The van der Waals surface area contributed by atoms with E-state index in [2.05, 4.69) is 43.0 Å². The van der Waals surface area contributed by atoms with Gasteiger partial charge in [-0.25, -0.2) is 0 Å². The van der Waals surface area contributed by atoms with Gasteiger partial charge in [-0.3, -0.25) is 14.6 Å². The summed E-state index contributed by atoms with van der Waals surface area (Å²) in [5.74, 6) is 0.557. The quantitative estimate of drug-likeness (QED) is 0.343. The van der Waals surface area contributed by atoms with Gasteiger partial charge in [0.2, 0.25) is 5.91 Å². The summed E-state index contributed by atoms with van der Waals surface area (Å²) in [5, 5.41) is 0. The Morgan fingerprint density at radius 2 is 1.68 bits per heavy atom. The third kappa shape index (κ3) is 4.85. The van der Waals surface area contributed by atoms with Crippen LogP contribution in [0.15, 0.2) is 71.7 Å². The first-order valence-electron chi connectivity index (χ1n) is 14.0. The Morgan fingerprint density at radius 3 is 2.33 bits per heavy atom. The van der Waals surface area contributed by atoms with Crippen LogP contribution in [0.1, 0.15) is 56.7 Å². The van der Waals surface area contributed by atoms with Gasteiger partial charge in [-0.1, -0.05) is 36.4 Å². The molecule has 0 spiro atoms. The molecule has 0 radical (unpaired) electrons. The summed E-state index contributed by atoms with van der Waals surface area (Å²) in [6.07, 6.45) is 0.900. The Kier molecular flexibility index (Phi) is 7.92. The van der Waals surface area contributed by atoms with Crippen LogP contribution in [0.2, 0.25) is 0 Å². The number of Topliss-reactive ketones (excluding diaryl/α,β-unsaturated/α-hetero) is 1. The fourth-order valence-corrected chi connectivity index (χ4v) is 6.33. The molecule has 0 aromatic heterocycles. The van der Waals surface area contributed by atoms with E-state index in [0.717, 1.165) is 41.3 Å². The molecule has 3 aromatic rings. The predicted octanol–water partition coefficient (Wildman–Crippen LogP) is 6.49. The number of hydrogen-bond acceptors (Lipinski definition) is 6. The maximum atomic E-state index is 14.2. The molecule has 1 saturated carbocycles. The van der Waals surface area contributed by atoms with Crippen molar-refractivity contribution in [2.75, 3.05) is 37.1 Å². The Labute approximate surface area is 236 Å². The number of aliphatic imine (C=N–C) groups is 1. The predicted molar refractivity (Wildman–Crippen MR) is 159 cm³/mol. The maximum absolute atomic E-state index is 14.2. The second-order valence-electron chi connectivity index (χ2n) is 10.3. The van der Waals surface area contributed by atoms with Gasteiger partial charge in [0, 0.05) is 43.4 Å². The molecule has 1 fully saturated rings. The molecule has 1 aliphatic heterocycles. The van der Waals surface area contributed by atoms with Crippen molar-refractivity contribution in [3.63, 3.8) is 0 Å². The summed E-state index contributed by atoms with van der Waals surface area (Å²) in [6.45, 7) is 7.64. The lowest BCUT2D eigenvalue weighted by Crippen LogP contribution is -2.45. The smallest absolute Gasteiger partial charge is 0.224 e. The summed E-state index contributed by atoms with van der Waals surface area (Å²) >= 11 is 0. The molecule has 2 aliphatic rings. The molecule has 3 unspecified atom stereocenters. The minimum absolute atomic E-state index is 0.0664. The fourth-order valence-electron chi connectivity index (χ4n) is 6.33. The van der Waals surface area contributed by atoms with Crippen molar-refractivity contribution in [3.05, 3.63) is 77.9 Å². The molecule has 7 nitrogen and oxygen atoms in total. The van der Waals surface area contributed by atoms with Crippen LogP contribution in [0, 0.1) is 5.92 Å². The molecule has 3 aromatic carbocycles. The number of rotatable bonds is 7. The number of anilines is 2. The van der Waals surface area contributed by atoms with Gasteiger partial charge in [-0.2, -0.15) is 0 Å². The number of para-hydroxylation sites is 3. The molecular formula is C33H37N3O4. The zero-order valence-electron chi connectivity index (χ0n) is 23.9. The Morgan fingerprint density at radius 1 is 0.950 bits per heavy atom. The van der Waals surface area contributed by atoms with Crippen LogP contribution in [0.3, 0.4) is 0 Å². The van der Waals surface area contributed by atoms with Crippen molar-refractivity contribution in [1.82, 2.24) is 0 Å². The average Bonchev–Trinajstić information content (AvgIpc) is 3.12. The number of hydrogen-bond donors (Lipinski definition) is 0. The van der Waals surface area contributed by atoms with Crippen molar-refractivity contribution in [3.8, 4) is 11.5 Å². The lowest BCUT2D eigenvalue weighted by Gasteiger charge is -2.38. The van der Waals surface area contributed by atoms with Gasteiger partial charge in [0.15, 0.2) is 11.5 Å². The number of fused-ring (bicyclic) bond motifs is 2. The van der Waals surface area contributed by atoms with Crippen LogP contribution in [0.25, 0.3) is 0 Å². The van der Waals surface area contributed by atoms with E-state index in [1.807, 2.05) is 42.5 Å². The molecule has 40 heavy (non-hydrogen) atoms. The zero-order chi connectivity index (χ0) is 28.4. The van der Waals surface area contributed by atoms with Gasteiger partial charge in [0.25, 0.3) is 0 Å². The zero-order valence-corrected chi connectivity index (χ0v) is 23.9. The number of amides is 1. The van der Waals surface area contributed by atoms with E-state index in [9.17, 15) is 9.59 Å².